The summed E-state index contributed by atoms with van der Waals surface area (Å²) in [7, 11) is 0. The van der Waals surface area contributed by atoms with E-state index in [1.54, 1.807) is 36.7 Å². The average Bonchev–Trinajstić information content (AvgIpc) is 2.64. The topological polar surface area (TPSA) is 113 Å². The molecule has 0 radical (unpaired) electrons. The minimum Gasteiger partial charge on any atom is -0.287 e. The van der Waals surface area contributed by atoms with Gasteiger partial charge in [0.25, 0.3) is 0 Å². The van der Waals surface area contributed by atoms with Gasteiger partial charge in [-0.3, -0.25) is 29.4 Å². The third kappa shape index (κ3) is 3.27. The molecule has 3 aromatic heterocycles. The van der Waals surface area contributed by atoms with Gasteiger partial charge in [0, 0.05) is 24.8 Å². The molecule has 9 nitrogen and oxygen atoms in total. The second kappa shape index (κ2) is 7.09. The van der Waals surface area contributed by atoms with E-state index in [2.05, 4.69) is 9.97 Å². The van der Waals surface area contributed by atoms with Crippen LogP contribution in [0.3, 0.4) is 0 Å². The number of nitro groups is 1. The lowest BCUT2D eigenvalue weighted by Crippen LogP contribution is -2.42. The van der Waals surface area contributed by atoms with Crippen molar-refractivity contribution in [3.05, 3.63) is 96.8 Å². The average molecular weight is 353 g/mol. The fourth-order valence-electron chi connectivity index (χ4n) is 2.66. The SMILES string of the molecule is Cc1c([N+](=O)[O-])c(=O)n(Cc2ccncc2)c(=O)n1Cc1ccncc1. The predicted molar refractivity (Wildman–Crippen MR) is 93.0 cm³/mol. The zero-order chi connectivity index (χ0) is 18.7. The van der Waals surface area contributed by atoms with Gasteiger partial charge in [0.2, 0.25) is 0 Å². The molecule has 3 rings (SSSR count). The highest BCUT2D eigenvalue weighted by molar-refractivity contribution is 5.33. The van der Waals surface area contributed by atoms with Crippen LogP contribution in [-0.2, 0) is 13.1 Å². The molecule has 3 aromatic rings. The molecule has 0 amide bonds. The van der Waals surface area contributed by atoms with Crippen LogP contribution in [0.25, 0.3) is 0 Å². The molecule has 26 heavy (non-hydrogen) atoms. The molecule has 0 aliphatic carbocycles. The van der Waals surface area contributed by atoms with E-state index >= 15 is 0 Å². The Balaban J connectivity index is 2.19. The van der Waals surface area contributed by atoms with E-state index < -0.39 is 21.9 Å². The van der Waals surface area contributed by atoms with Crippen LogP contribution < -0.4 is 11.2 Å². The molecule has 0 aliphatic heterocycles. The quantitative estimate of drug-likeness (QED) is 0.502. The third-order valence-corrected chi connectivity index (χ3v) is 4.02. The van der Waals surface area contributed by atoms with Crippen LogP contribution >= 0.6 is 0 Å². The van der Waals surface area contributed by atoms with Crippen molar-refractivity contribution in [1.29, 1.82) is 0 Å². The van der Waals surface area contributed by atoms with Gasteiger partial charge >= 0.3 is 16.9 Å². The zero-order valence-corrected chi connectivity index (χ0v) is 13.9. The number of pyridine rings is 2. The van der Waals surface area contributed by atoms with Crippen LogP contribution in [-0.4, -0.2) is 24.0 Å². The number of nitrogens with zero attached hydrogens (tertiary/aromatic N) is 5. The monoisotopic (exact) mass is 353 g/mol. The number of aromatic nitrogens is 4. The molecule has 3 heterocycles. The van der Waals surface area contributed by atoms with E-state index in [-0.39, 0.29) is 18.8 Å². The highest BCUT2D eigenvalue weighted by Crippen LogP contribution is 2.12. The smallest absolute Gasteiger partial charge is 0.287 e. The second-order valence-electron chi connectivity index (χ2n) is 5.66. The second-order valence-corrected chi connectivity index (χ2v) is 5.66. The van der Waals surface area contributed by atoms with Gasteiger partial charge < -0.3 is 0 Å². The van der Waals surface area contributed by atoms with Crippen LogP contribution in [0.5, 0.6) is 0 Å². The zero-order valence-electron chi connectivity index (χ0n) is 13.9. The Morgan fingerprint density at radius 3 is 1.85 bits per heavy atom. The maximum absolute atomic E-state index is 12.9. The predicted octanol–water partition coefficient (Wildman–Crippen LogP) is 1.11. The Kier molecular flexibility index (Phi) is 4.70. The first-order valence-electron chi connectivity index (χ1n) is 7.75. The largest absolute Gasteiger partial charge is 0.353 e. The van der Waals surface area contributed by atoms with Crippen molar-refractivity contribution in [1.82, 2.24) is 19.1 Å². The Hall–Kier alpha value is -3.62. The Morgan fingerprint density at radius 1 is 0.923 bits per heavy atom. The van der Waals surface area contributed by atoms with Gasteiger partial charge in [-0.1, -0.05) is 0 Å². The van der Waals surface area contributed by atoms with E-state index in [0.29, 0.717) is 5.56 Å². The van der Waals surface area contributed by atoms with Crippen LogP contribution in [0.2, 0.25) is 0 Å². The minimum atomic E-state index is -0.916. The molecule has 0 atom stereocenters. The Labute approximate surface area is 147 Å². The maximum atomic E-state index is 12.9. The van der Waals surface area contributed by atoms with E-state index in [9.17, 15) is 19.7 Å². The molecular weight excluding hydrogens is 338 g/mol. The van der Waals surface area contributed by atoms with Crippen molar-refractivity contribution in [3.8, 4) is 0 Å². The summed E-state index contributed by atoms with van der Waals surface area (Å²) in [4.78, 5) is 43.9. The van der Waals surface area contributed by atoms with Gasteiger partial charge in [-0.25, -0.2) is 9.36 Å². The summed E-state index contributed by atoms with van der Waals surface area (Å²) < 4.78 is 2.11. The van der Waals surface area contributed by atoms with Crippen LogP contribution in [0, 0.1) is 17.0 Å². The fourth-order valence-corrected chi connectivity index (χ4v) is 2.66. The van der Waals surface area contributed by atoms with Gasteiger partial charge in [-0.05, 0) is 42.3 Å². The molecule has 0 N–H and O–H groups in total. The van der Waals surface area contributed by atoms with Crippen molar-refractivity contribution < 1.29 is 4.92 Å². The highest BCUT2D eigenvalue weighted by atomic mass is 16.6. The molecule has 0 fully saturated rings. The van der Waals surface area contributed by atoms with Crippen molar-refractivity contribution in [2.24, 2.45) is 0 Å². The Bertz CT molecular complexity index is 1060. The van der Waals surface area contributed by atoms with Crippen molar-refractivity contribution in [2.45, 2.75) is 20.0 Å². The molecule has 0 saturated carbocycles. The van der Waals surface area contributed by atoms with Crippen molar-refractivity contribution >= 4 is 5.69 Å². The maximum Gasteiger partial charge on any atom is 0.353 e. The molecule has 132 valence electrons. The molecule has 0 spiro atoms. The van der Waals surface area contributed by atoms with Crippen LogP contribution in [0.15, 0.2) is 58.6 Å². The van der Waals surface area contributed by atoms with Crippen molar-refractivity contribution in [3.63, 3.8) is 0 Å². The van der Waals surface area contributed by atoms with Crippen LogP contribution in [0.4, 0.5) is 5.69 Å². The van der Waals surface area contributed by atoms with Gasteiger partial charge in [-0.15, -0.1) is 0 Å². The summed E-state index contributed by atoms with van der Waals surface area (Å²) >= 11 is 0. The van der Waals surface area contributed by atoms with E-state index in [4.69, 9.17) is 0 Å². The van der Waals surface area contributed by atoms with Gasteiger partial charge in [-0.2, -0.15) is 0 Å². The number of rotatable bonds is 5. The van der Waals surface area contributed by atoms with Gasteiger partial charge in [0.15, 0.2) is 0 Å². The van der Waals surface area contributed by atoms with Crippen molar-refractivity contribution in [2.75, 3.05) is 0 Å². The summed E-state index contributed by atoms with van der Waals surface area (Å²) in [5.74, 6) is 0. The van der Waals surface area contributed by atoms with Crippen LogP contribution in [0.1, 0.15) is 16.8 Å². The molecule has 0 aliphatic rings. The first kappa shape index (κ1) is 17.2. The van der Waals surface area contributed by atoms with E-state index in [1.165, 1.54) is 23.9 Å². The normalized spacial score (nSPS) is 10.7. The summed E-state index contributed by atoms with van der Waals surface area (Å²) in [6.45, 7) is 1.43. The standard InChI is InChI=1S/C17H15N5O4/c1-12-15(22(25)26)16(23)21(11-14-4-8-19-9-5-14)17(24)20(12)10-13-2-6-18-7-3-13/h2-9H,10-11H2,1H3. The summed E-state index contributed by atoms with van der Waals surface area (Å²) in [6.07, 6.45) is 6.19. The molecule has 9 heteroatoms. The molecule has 0 bridgehead atoms. The lowest BCUT2D eigenvalue weighted by atomic mass is 10.2. The lowest BCUT2D eigenvalue weighted by molar-refractivity contribution is -0.387. The highest BCUT2D eigenvalue weighted by Gasteiger charge is 2.25. The lowest BCUT2D eigenvalue weighted by Gasteiger charge is -2.13. The first-order valence-corrected chi connectivity index (χ1v) is 7.75. The fraction of sp³-hybridized carbons (Fsp3) is 0.176. The first-order chi connectivity index (χ1) is 12.5. The number of hydrogen-bond acceptors (Lipinski definition) is 6. The van der Waals surface area contributed by atoms with E-state index in [0.717, 1.165) is 10.1 Å². The Morgan fingerprint density at radius 2 is 1.38 bits per heavy atom. The molecule has 0 saturated heterocycles. The molecule has 0 unspecified atom stereocenters. The van der Waals surface area contributed by atoms with E-state index in [1.807, 2.05) is 0 Å². The molecule has 0 aromatic carbocycles. The molecular formula is C17H15N5O4. The van der Waals surface area contributed by atoms with Gasteiger partial charge in [0.1, 0.15) is 5.69 Å². The number of hydrogen-bond donors (Lipinski definition) is 0. The summed E-state index contributed by atoms with van der Waals surface area (Å²) in [5.41, 5.74) is -0.714. The third-order valence-electron chi connectivity index (χ3n) is 4.02. The summed E-state index contributed by atoms with van der Waals surface area (Å²) in [6, 6.07) is 6.70. The minimum absolute atomic E-state index is 0.0211. The van der Waals surface area contributed by atoms with Gasteiger partial charge in [0.05, 0.1) is 18.0 Å². The summed E-state index contributed by atoms with van der Waals surface area (Å²) in [5, 5.41) is 11.4.